The third kappa shape index (κ3) is 5.89. The Morgan fingerprint density at radius 1 is 1.11 bits per heavy atom. The van der Waals surface area contributed by atoms with E-state index in [1.165, 1.54) is 12.1 Å². The van der Waals surface area contributed by atoms with Gasteiger partial charge in [0, 0.05) is 37.8 Å². The minimum absolute atomic E-state index is 0.0789. The van der Waals surface area contributed by atoms with E-state index in [1.807, 2.05) is 31.2 Å². The summed E-state index contributed by atoms with van der Waals surface area (Å²) in [5.74, 6) is 1.06. The van der Waals surface area contributed by atoms with E-state index in [0.29, 0.717) is 32.1 Å². The predicted molar refractivity (Wildman–Crippen MR) is 123 cm³/mol. The monoisotopic (exact) mass is 486 g/mol. The van der Waals surface area contributed by atoms with Crippen LogP contribution in [0.15, 0.2) is 59.1 Å². The van der Waals surface area contributed by atoms with Crippen molar-refractivity contribution in [1.29, 1.82) is 0 Å². The fourth-order valence-electron chi connectivity index (χ4n) is 3.86. The van der Waals surface area contributed by atoms with Crippen molar-refractivity contribution in [3.05, 3.63) is 71.6 Å². The Labute approximate surface area is 200 Å². The number of aromatic nitrogens is 2. The topological polar surface area (TPSA) is 71.7 Å². The van der Waals surface area contributed by atoms with Crippen LogP contribution in [0.4, 0.5) is 13.2 Å². The second-order valence-corrected chi connectivity index (χ2v) is 8.18. The van der Waals surface area contributed by atoms with Crippen LogP contribution in [0.3, 0.4) is 0 Å². The van der Waals surface area contributed by atoms with Crippen LogP contribution < -0.4 is 4.74 Å². The Morgan fingerprint density at radius 2 is 1.86 bits per heavy atom. The lowest BCUT2D eigenvalue weighted by Crippen LogP contribution is -2.48. The molecule has 10 heteroatoms. The third-order valence-electron chi connectivity index (χ3n) is 5.93. The number of nitrogens with zero attached hydrogens (tertiary/aromatic N) is 4. The molecule has 0 bridgehead atoms. The Kier molecular flexibility index (Phi) is 7.20. The summed E-state index contributed by atoms with van der Waals surface area (Å²) < 4.78 is 49.6. The van der Waals surface area contributed by atoms with Crippen molar-refractivity contribution in [3.63, 3.8) is 0 Å². The van der Waals surface area contributed by atoms with E-state index in [1.54, 1.807) is 24.2 Å². The molecule has 0 unspecified atom stereocenters. The number of carbonyl (C=O) groups excluding carboxylic acids is 1. The van der Waals surface area contributed by atoms with Crippen molar-refractivity contribution in [2.24, 2.45) is 0 Å². The van der Waals surface area contributed by atoms with Crippen molar-refractivity contribution in [3.8, 4) is 17.1 Å². The molecule has 1 aliphatic heterocycles. The van der Waals surface area contributed by atoms with Gasteiger partial charge in [0.2, 0.25) is 17.6 Å². The molecule has 7 nitrogen and oxygen atoms in total. The number of carbonyl (C=O) groups is 1. The minimum Gasteiger partial charge on any atom is -0.497 e. The number of ether oxygens (including phenoxy) is 1. The van der Waals surface area contributed by atoms with Gasteiger partial charge in [-0.05, 0) is 42.8 Å². The number of alkyl halides is 3. The number of methoxy groups -OCH3 is 1. The smallest absolute Gasteiger partial charge is 0.416 e. The zero-order valence-corrected chi connectivity index (χ0v) is 19.3. The maximum atomic E-state index is 13.0. The number of amides is 1. The lowest BCUT2D eigenvalue weighted by molar-refractivity contribution is -0.137. The first-order valence-electron chi connectivity index (χ1n) is 11.1. The van der Waals surface area contributed by atoms with Crippen molar-refractivity contribution in [2.45, 2.75) is 19.1 Å². The molecular formula is C25H25F3N4O3. The molecule has 4 rings (SSSR count). The average molecular weight is 486 g/mol. The van der Waals surface area contributed by atoms with Gasteiger partial charge in [-0.25, -0.2) is 0 Å². The van der Waals surface area contributed by atoms with Gasteiger partial charge in [-0.3, -0.25) is 9.69 Å². The van der Waals surface area contributed by atoms with Gasteiger partial charge in [0.05, 0.1) is 18.7 Å². The molecule has 1 fully saturated rings. The van der Waals surface area contributed by atoms with E-state index < -0.39 is 11.7 Å². The van der Waals surface area contributed by atoms with E-state index in [0.717, 1.165) is 23.4 Å². The molecule has 0 N–H and O–H groups in total. The van der Waals surface area contributed by atoms with Crippen LogP contribution in [0.2, 0.25) is 0 Å². The molecule has 2 aromatic carbocycles. The number of hydrogen-bond acceptors (Lipinski definition) is 6. The number of piperazine rings is 1. The number of hydrogen-bond donors (Lipinski definition) is 0. The average Bonchev–Trinajstić information content (AvgIpc) is 3.37. The molecule has 0 saturated carbocycles. The number of halogens is 3. The molecule has 1 amide bonds. The van der Waals surface area contributed by atoms with E-state index in [4.69, 9.17) is 9.26 Å². The number of rotatable bonds is 6. The maximum absolute atomic E-state index is 13.0. The molecule has 0 aliphatic carbocycles. The second-order valence-electron chi connectivity index (χ2n) is 8.18. The summed E-state index contributed by atoms with van der Waals surface area (Å²) in [6.45, 7) is 4.15. The van der Waals surface area contributed by atoms with E-state index in [2.05, 4.69) is 15.0 Å². The first-order chi connectivity index (χ1) is 16.7. The predicted octanol–water partition coefficient (Wildman–Crippen LogP) is 4.68. The highest BCUT2D eigenvalue weighted by Crippen LogP contribution is 2.32. The van der Waals surface area contributed by atoms with Crippen LogP contribution in [0.5, 0.6) is 5.75 Å². The van der Waals surface area contributed by atoms with E-state index >= 15 is 0 Å². The van der Waals surface area contributed by atoms with Gasteiger partial charge in [-0.15, -0.1) is 0 Å². The van der Waals surface area contributed by atoms with Crippen molar-refractivity contribution < 1.29 is 27.2 Å². The Bertz CT molecular complexity index is 1200. The van der Waals surface area contributed by atoms with Crippen molar-refractivity contribution in [2.75, 3.05) is 33.3 Å². The van der Waals surface area contributed by atoms with Crippen LogP contribution in [-0.2, 0) is 11.0 Å². The molecule has 0 spiro atoms. The highest BCUT2D eigenvalue weighted by atomic mass is 19.4. The quantitative estimate of drug-likeness (QED) is 0.471. The molecular weight excluding hydrogens is 461 g/mol. The first-order valence-corrected chi connectivity index (χ1v) is 11.1. The van der Waals surface area contributed by atoms with Crippen molar-refractivity contribution in [1.82, 2.24) is 19.9 Å². The van der Waals surface area contributed by atoms with Gasteiger partial charge >= 0.3 is 6.18 Å². The zero-order chi connectivity index (χ0) is 25.0. The summed E-state index contributed by atoms with van der Waals surface area (Å²) in [4.78, 5) is 20.8. The van der Waals surface area contributed by atoms with Crippen LogP contribution in [0.25, 0.3) is 17.5 Å². The minimum atomic E-state index is -4.45. The summed E-state index contributed by atoms with van der Waals surface area (Å²) in [5, 5.41) is 3.87. The lowest BCUT2D eigenvalue weighted by Gasteiger charge is -2.36. The van der Waals surface area contributed by atoms with Gasteiger partial charge in [-0.1, -0.05) is 29.4 Å². The van der Waals surface area contributed by atoms with E-state index in [-0.39, 0.29) is 23.3 Å². The Balaban J connectivity index is 1.35. The molecule has 2 heterocycles. The summed E-state index contributed by atoms with van der Waals surface area (Å²) >= 11 is 0. The maximum Gasteiger partial charge on any atom is 0.416 e. The fraction of sp³-hybridized carbons (Fsp3) is 0.320. The van der Waals surface area contributed by atoms with Gasteiger partial charge in [0.1, 0.15) is 5.75 Å². The molecule has 0 radical (unpaired) electrons. The standard InChI is InChI=1S/C25H25F3N4O3/c1-17(24-29-23(30-35-24)19-6-4-7-20(16-19)25(26,27)28)31-11-13-32(14-12-31)22(33)10-9-18-5-3-8-21(15-18)34-2/h3-10,15-17H,11-14H2,1-2H3/b10-9+/t17-/m1/s1. The summed E-state index contributed by atoms with van der Waals surface area (Å²) in [5.41, 5.74) is 0.342. The third-order valence-corrected chi connectivity index (χ3v) is 5.93. The Morgan fingerprint density at radius 3 is 2.57 bits per heavy atom. The molecule has 184 valence electrons. The van der Waals surface area contributed by atoms with E-state index in [9.17, 15) is 18.0 Å². The molecule has 1 atom stereocenters. The zero-order valence-electron chi connectivity index (χ0n) is 19.3. The largest absolute Gasteiger partial charge is 0.497 e. The summed E-state index contributed by atoms with van der Waals surface area (Å²) in [7, 11) is 1.59. The van der Waals surface area contributed by atoms with Gasteiger partial charge in [-0.2, -0.15) is 18.2 Å². The molecule has 35 heavy (non-hydrogen) atoms. The molecule has 1 saturated heterocycles. The van der Waals surface area contributed by atoms with Gasteiger partial charge in [0.25, 0.3) is 0 Å². The molecule has 1 aromatic heterocycles. The highest BCUT2D eigenvalue weighted by molar-refractivity contribution is 5.91. The van der Waals surface area contributed by atoms with Crippen LogP contribution in [0.1, 0.15) is 30.0 Å². The highest BCUT2D eigenvalue weighted by Gasteiger charge is 2.31. The normalized spacial score (nSPS) is 16.0. The van der Waals surface area contributed by atoms with Gasteiger partial charge < -0.3 is 14.2 Å². The SMILES string of the molecule is COc1cccc(/C=C/C(=O)N2CCN([C@H](C)c3nc(-c4cccc(C(F)(F)F)c4)no3)CC2)c1. The summed E-state index contributed by atoms with van der Waals surface area (Å²) in [6, 6.07) is 12.0. The van der Waals surface area contributed by atoms with Gasteiger partial charge in [0.15, 0.2) is 0 Å². The Hall–Kier alpha value is -3.66. The van der Waals surface area contributed by atoms with Crippen molar-refractivity contribution >= 4 is 12.0 Å². The first kappa shape index (κ1) is 24.5. The molecule has 3 aromatic rings. The second kappa shape index (κ2) is 10.3. The summed E-state index contributed by atoms with van der Waals surface area (Å²) in [6.07, 6.45) is -1.14. The van der Waals surface area contributed by atoms with Crippen LogP contribution in [-0.4, -0.2) is 59.1 Å². The van der Waals surface area contributed by atoms with Crippen LogP contribution in [0, 0.1) is 0 Å². The number of benzene rings is 2. The lowest BCUT2D eigenvalue weighted by atomic mass is 10.1. The molecule has 1 aliphatic rings. The van der Waals surface area contributed by atoms with Crippen LogP contribution >= 0.6 is 0 Å². The fourth-order valence-corrected chi connectivity index (χ4v) is 3.86.